The molecule has 3 aromatic rings. The Morgan fingerprint density at radius 1 is 0.921 bits per heavy atom. The van der Waals surface area contributed by atoms with Crippen LogP contribution in [0.5, 0.6) is 0 Å². The van der Waals surface area contributed by atoms with Gasteiger partial charge >= 0.3 is 5.97 Å². The highest BCUT2D eigenvalue weighted by atomic mass is 32.2. The number of hydrogen-bond acceptors (Lipinski definition) is 7. The number of benzene rings is 2. The fourth-order valence-corrected chi connectivity index (χ4v) is 3.80. The van der Waals surface area contributed by atoms with Crippen LogP contribution in [-0.4, -0.2) is 44.9 Å². The number of aryl methyl sites for hydroxylation is 1. The van der Waals surface area contributed by atoms with E-state index in [0.29, 0.717) is 6.42 Å². The molecule has 38 heavy (non-hydrogen) atoms. The van der Waals surface area contributed by atoms with E-state index in [4.69, 9.17) is 4.74 Å². The lowest BCUT2D eigenvalue weighted by atomic mass is 9.97. The standard InChI is InChI=1S/C23H24N2O3S.C2H6O2S.2C2H6/c1-16-8-10-18(11-9-16)15-20(22-24-12-13-29-22)25-21(26)19(23(27)28-2)14-17-6-4-3-5-7-17;1-5(2,3)4;2*1-2/h3-13,19-20H,14-15H2,1-2H3,(H,25,26);1-2H3;2*1-2H3/t19?,20-;;;/m0.../s1. The van der Waals surface area contributed by atoms with Crippen molar-refractivity contribution in [2.24, 2.45) is 5.92 Å². The third-order valence-electron chi connectivity index (χ3n) is 4.71. The number of aromatic nitrogens is 1. The zero-order chi connectivity index (χ0) is 29.1. The van der Waals surface area contributed by atoms with Crippen molar-refractivity contribution < 1.29 is 22.7 Å². The predicted molar refractivity (Wildman–Crippen MR) is 157 cm³/mol. The first-order valence-electron chi connectivity index (χ1n) is 12.6. The summed E-state index contributed by atoms with van der Waals surface area (Å²) in [6.45, 7) is 10.0. The van der Waals surface area contributed by atoms with Crippen LogP contribution in [0.15, 0.2) is 66.2 Å². The molecule has 2 atom stereocenters. The third kappa shape index (κ3) is 14.6. The number of methoxy groups -OCH3 is 1. The summed E-state index contributed by atoms with van der Waals surface area (Å²) in [5.41, 5.74) is 3.17. The Hall–Kier alpha value is -3.04. The quantitative estimate of drug-likeness (QED) is 0.283. The first kappa shape index (κ1) is 35.0. The van der Waals surface area contributed by atoms with Crippen LogP contribution in [0.2, 0.25) is 0 Å². The Balaban J connectivity index is 0.00000134. The van der Waals surface area contributed by atoms with E-state index >= 15 is 0 Å². The molecule has 0 fully saturated rings. The fraction of sp³-hybridized carbons (Fsp3) is 0.414. The van der Waals surface area contributed by atoms with Gasteiger partial charge in [0, 0.05) is 24.1 Å². The van der Waals surface area contributed by atoms with Crippen molar-refractivity contribution in [3.63, 3.8) is 0 Å². The zero-order valence-electron chi connectivity index (χ0n) is 23.7. The maximum Gasteiger partial charge on any atom is 0.318 e. The molecule has 0 aliphatic heterocycles. The molecule has 9 heteroatoms. The maximum absolute atomic E-state index is 13.1. The van der Waals surface area contributed by atoms with Crippen LogP contribution in [0.4, 0.5) is 0 Å². The Kier molecular flexibility index (Phi) is 17.6. The molecule has 2 aromatic carbocycles. The number of hydrogen-bond donors (Lipinski definition) is 1. The van der Waals surface area contributed by atoms with Gasteiger partial charge in [-0.1, -0.05) is 87.9 Å². The average molecular weight is 563 g/mol. The van der Waals surface area contributed by atoms with Crippen LogP contribution in [0.1, 0.15) is 55.4 Å². The normalized spacial score (nSPS) is 11.6. The van der Waals surface area contributed by atoms with E-state index in [1.165, 1.54) is 24.0 Å². The molecule has 1 N–H and O–H groups in total. The summed E-state index contributed by atoms with van der Waals surface area (Å²) < 4.78 is 24.2. The van der Waals surface area contributed by atoms with Gasteiger partial charge < -0.3 is 10.1 Å². The minimum Gasteiger partial charge on any atom is -0.468 e. The van der Waals surface area contributed by atoms with E-state index in [9.17, 15) is 18.0 Å². The second-order valence-electron chi connectivity index (χ2n) is 8.03. The lowest BCUT2D eigenvalue weighted by Gasteiger charge is -2.21. The van der Waals surface area contributed by atoms with Gasteiger partial charge in [-0.2, -0.15) is 0 Å². The molecule has 1 unspecified atom stereocenters. The van der Waals surface area contributed by atoms with Gasteiger partial charge in [0.2, 0.25) is 5.91 Å². The van der Waals surface area contributed by atoms with Crippen molar-refractivity contribution in [3.05, 3.63) is 87.9 Å². The molecule has 0 aliphatic rings. The molecule has 0 radical (unpaired) electrons. The molecular formula is C29H42N2O5S2. The predicted octanol–water partition coefficient (Wildman–Crippen LogP) is 5.60. The monoisotopic (exact) mass is 562 g/mol. The lowest BCUT2D eigenvalue weighted by molar-refractivity contribution is -0.150. The summed E-state index contributed by atoms with van der Waals surface area (Å²) in [6.07, 6.45) is 4.92. The van der Waals surface area contributed by atoms with Crippen LogP contribution in [-0.2, 0) is 37.0 Å². The van der Waals surface area contributed by atoms with Crippen LogP contribution >= 0.6 is 11.3 Å². The third-order valence-corrected chi connectivity index (χ3v) is 5.60. The number of esters is 1. The number of rotatable bonds is 8. The molecule has 3 rings (SSSR count). The molecule has 1 amide bonds. The van der Waals surface area contributed by atoms with Crippen molar-refractivity contribution in [3.8, 4) is 0 Å². The largest absolute Gasteiger partial charge is 0.468 e. The van der Waals surface area contributed by atoms with Gasteiger partial charge in [0.05, 0.1) is 13.2 Å². The van der Waals surface area contributed by atoms with E-state index in [-0.39, 0.29) is 18.4 Å². The Morgan fingerprint density at radius 2 is 1.45 bits per heavy atom. The number of nitrogens with zero attached hydrogens (tertiary/aromatic N) is 1. The summed E-state index contributed by atoms with van der Waals surface area (Å²) in [6, 6.07) is 17.3. The van der Waals surface area contributed by atoms with E-state index in [0.717, 1.165) is 28.6 Å². The van der Waals surface area contributed by atoms with Gasteiger partial charge in [-0.25, -0.2) is 13.4 Å². The molecule has 0 bridgehead atoms. The van der Waals surface area contributed by atoms with Gasteiger partial charge in [-0.3, -0.25) is 9.59 Å². The fourth-order valence-electron chi connectivity index (χ4n) is 3.11. The van der Waals surface area contributed by atoms with Crippen molar-refractivity contribution in [1.82, 2.24) is 10.3 Å². The van der Waals surface area contributed by atoms with Gasteiger partial charge in [0.25, 0.3) is 0 Å². The molecule has 0 aliphatic carbocycles. The van der Waals surface area contributed by atoms with Crippen molar-refractivity contribution in [2.75, 3.05) is 19.6 Å². The SMILES string of the molecule is CC.CC.COC(=O)C(Cc1ccccc1)C(=O)N[C@@H](Cc1ccc(C)cc1)c1nccs1.CS(C)(=O)=O. The van der Waals surface area contributed by atoms with Gasteiger partial charge in [0.15, 0.2) is 0 Å². The average Bonchev–Trinajstić information content (AvgIpc) is 3.45. The molecule has 7 nitrogen and oxygen atoms in total. The highest BCUT2D eigenvalue weighted by Crippen LogP contribution is 2.22. The minimum absolute atomic E-state index is 0.286. The number of ether oxygens (including phenoxy) is 1. The van der Waals surface area contributed by atoms with Crippen LogP contribution < -0.4 is 5.32 Å². The Morgan fingerprint density at radius 3 is 1.92 bits per heavy atom. The Bertz CT molecular complexity index is 1140. The highest BCUT2D eigenvalue weighted by Gasteiger charge is 2.30. The number of amides is 1. The smallest absolute Gasteiger partial charge is 0.318 e. The number of carbonyl (C=O) groups is 2. The topological polar surface area (TPSA) is 102 Å². The lowest BCUT2D eigenvalue weighted by Crippen LogP contribution is -2.40. The van der Waals surface area contributed by atoms with Crippen molar-refractivity contribution in [1.29, 1.82) is 0 Å². The number of thiazole rings is 1. The van der Waals surface area contributed by atoms with E-state index in [1.807, 2.05) is 94.6 Å². The first-order valence-corrected chi connectivity index (χ1v) is 15.8. The Labute approximate surface area is 232 Å². The van der Waals surface area contributed by atoms with Gasteiger partial charge in [-0.15, -0.1) is 11.3 Å². The summed E-state index contributed by atoms with van der Waals surface area (Å²) >= 11 is 1.48. The second kappa shape index (κ2) is 19.1. The number of carbonyl (C=O) groups excluding carboxylic acids is 2. The number of nitrogens with one attached hydrogen (secondary N) is 1. The van der Waals surface area contributed by atoms with Crippen LogP contribution in [0, 0.1) is 12.8 Å². The van der Waals surface area contributed by atoms with Crippen molar-refractivity contribution >= 4 is 33.1 Å². The van der Waals surface area contributed by atoms with Crippen molar-refractivity contribution in [2.45, 2.75) is 53.5 Å². The first-order chi connectivity index (χ1) is 18.1. The molecule has 1 heterocycles. The second-order valence-corrected chi connectivity index (χ2v) is 11.2. The minimum atomic E-state index is -2.67. The van der Waals surface area contributed by atoms with Gasteiger partial charge in [-0.05, 0) is 30.9 Å². The molecule has 0 saturated heterocycles. The van der Waals surface area contributed by atoms with Crippen LogP contribution in [0.3, 0.4) is 0 Å². The van der Waals surface area contributed by atoms with E-state index in [1.54, 1.807) is 6.20 Å². The summed E-state index contributed by atoms with van der Waals surface area (Å²) in [5, 5.41) is 5.71. The number of sulfone groups is 1. The molecule has 210 valence electrons. The van der Waals surface area contributed by atoms with Gasteiger partial charge in [0.1, 0.15) is 20.8 Å². The van der Waals surface area contributed by atoms with E-state index in [2.05, 4.69) is 10.3 Å². The van der Waals surface area contributed by atoms with Crippen LogP contribution in [0.25, 0.3) is 0 Å². The summed E-state index contributed by atoms with van der Waals surface area (Å²) in [7, 11) is -1.36. The zero-order valence-corrected chi connectivity index (χ0v) is 25.4. The maximum atomic E-state index is 13.1. The summed E-state index contributed by atoms with van der Waals surface area (Å²) in [5.74, 6) is -1.81. The molecule has 1 aromatic heterocycles. The highest BCUT2D eigenvalue weighted by molar-refractivity contribution is 7.89. The van der Waals surface area contributed by atoms with E-state index < -0.39 is 21.7 Å². The molecular weight excluding hydrogens is 520 g/mol. The molecule has 0 spiro atoms. The summed E-state index contributed by atoms with van der Waals surface area (Å²) in [4.78, 5) is 29.8. The molecule has 0 saturated carbocycles.